The third-order valence-corrected chi connectivity index (χ3v) is 5.22. The average Bonchev–Trinajstić information content (AvgIpc) is 3.29. The largest absolute Gasteiger partial charge is 0.297 e. The van der Waals surface area contributed by atoms with E-state index in [0.717, 1.165) is 45.1 Å². The summed E-state index contributed by atoms with van der Waals surface area (Å²) in [6, 6.07) is 4.72. The molecule has 1 saturated heterocycles. The smallest absolute Gasteiger partial charge is 0.165 e. The van der Waals surface area contributed by atoms with Crippen molar-refractivity contribution in [2.75, 3.05) is 26.2 Å². The quantitative estimate of drug-likeness (QED) is 0.829. The van der Waals surface area contributed by atoms with E-state index in [1.165, 1.54) is 31.2 Å². The summed E-state index contributed by atoms with van der Waals surface area (Å²) in [5.74, 6) is 1.03. The third kappa shape index (κ3) is 3.62. The number of hydrogen-bond donors (Lipinski definition) is 0. The first-order valence-electron chi connectivity index (χ1n) is 8.99. The Labute approximate surface area is 142 Å². The van der Waals surface area contributed by atoms with E-state index in [1.54, 1.807) is 0 Å². The van der Waals surface area contributed by atoms with Gasteiger partial charge >= 0.3 is 0 Å². The highest BCUT2D eigenvalue weighted by molar-refractivity contribution is 5.09. The van der Waals surface area contributed by atoms with Gasteiger partial charge in [0.1, 0.15) is 0 Å². The number of piperazine rings is 1. The van der Waals surface area contributed by atoms with Crippen LogP contribution < -0.4 is 0 Å². The van der Waals surface area contributed by atoms with Crippen LogP contribution in [0.15, 0.2) is 24.5 Å². The molecule has 2 aromatic heterocycles. The molecule has 0 amide bonds. The van der Waals surface area contributed by atoms with Gasteiger partial charge in [0.25, 0.3) is 0 Å². The lowest BCUT2D eigenvalue weighted by atomic mass is 10.2. The molecule has 0 spiro atoms. The summed E-state index contributed by atoms with van der Waals surface area (Å²) < 4.78 is 2.08. The number of rotatable bonds is 5. The highest BCUT2D eigenvalue weighted by Crippen LogP contribution is 2.29. The van der Waals surface area contributed by atoms with Crippen LogP contribution in [0.1, 0.15) is 43.1 Å². The minimum absolute atomic E-state index is 0.517. The van der Waals surface area contributed by atoms with E-state index in [1.807, 2.05) is 12.4 Å². The molecule has 1 aliphatic heterocycles. The summed E-state index contributed by atoms with van der Waals surface area (Å²) in [7, 11) is 0. The van der Waals surface area contributed by atoms with Gasteiger partial charge in [-0.2, -0.15) is 0 Å². The van der Waals surface area contributed by atoms with E-state index in [-0.39, 0.29) is 0 Å². The van der Waals surface area contributed by atoms with Gasteiger partial charge in [-0.3, -0.25) is 14.8 Å². The zero-order chi connectivity index (χ0) is 16.2. The van der Waals surface area contributed by atoms with Crippen molar-refractivity contribution in [2.45, 2.75) is 44.8 Å². The van der Waals surface area contributed by atoms with Crippen molar-refractivity contribution in [1.29, 1.82) is 0 Å². The summed E-state index contributed by atoms with van der Waals surface area (Å²) in [6.45, 7) is 6.20. The monoisotopic (exact) mass is 327 g/mol. The van der Waals surface area contributed by atoms with Crippen molar-refractivity contribution >= 4 is 0 Å². The Hall–Kier alpha value is -1.86. The number of tetrazole rings is 1. The van der Waals surface area contributed by atoms with Gasteiger partial charge in [-0.25, -0.2) is 4.68 Å². The minimum Gasteiger partial charge on any atom is -0.297 e. The van der Waals surface area contributed by atoms with Crippen LogP contribution in [0.25, 0.3) is 0 Å². The number of aromatic nitrogens is 5. The fraction of sp³-hybridized carbons (Fsp3) is 0.647. The highest BCUT2D eigenvalue weighted by Gasteiger charge is 2.24. The van der Waals surface area contributed by atoms with Crippen molar-refractivity contribution < 1.29 is 0 Å². The Morgan fingerprint density at radius 1 is 0.917 bits per heavy atom. The summed E-state index contributed by atoms with van der Waals surface area (Å²) in [6.07, 6.45) is 8.79. The first-order chi connectivity index (χ1) is 11.9. The van der Waals surface area contributed by atoms with Crippen molar-refractivity contribution in [3.63, 3.8) is 0 Å². The van der Waals surface area contributed by atoms with E-state index in [0.29, 0.717) is 6.04 Å². The van der Waals surface area contributed by atoms with Crippen molar-refractivity contribution in [1.82, 2.24) is 35.0 Å². The minimum atomic E-state index is 0.517. The van der Waals surface area contributed by atoms with E-state index in [9.17, 15) is 0 Å². The molecule has 3 heterocycles. The van der Waals surface area contributed by atoms with Gasteiger partial charge in [-0.1, -0.05) is 12.8 Å². The molecule has 7 heteroatoms. The molecule has 1 aliphatic carbocycles. The molecule has 0 bridgehead atoms. The van der Waals surface area contributed by atoms with Crippen LogP contribution >= 0.6 is 0 Å². The molecule has 128 valence electrons. The molecule has 2 fully saturated rings. The van der Waals surface area contributed by atoms with Gasteiger partial charge in [0.15, 0.2) is 5.82 Å². The second kappa shape index (κ2) is 7.36. The first kappa shape index (κ1) is 15.7. The molecular formula is C17H25N7. The SMILES string of the molecule is c1cc(CN2CCN(Cc3nnnn3C3CCCC3)CC2)ccn1. The Morgan fingerprint density at radius 2 is 1.58 bits per heavy atom. The molecule has 24 heavy (non-hydrogen) atoms. The molecule has 1 saturated carbocycles. The summed E-state index contributed by atoms with van der Waals surface area (Å²) in [5, 5.41) is 12.5. The van der Waals surface area contributed by atoms with Crippen molar-refractivity contribution in [3.05, 3.63) is 35.9 Å². The molecule has 0 unspecified atom stereocenters. The van der Waals surface area contributed by atoms with E-state index >= 15 is 0 Å². The van der Waals surface area contributed by atoms with Gasteiger partial charge in [0.2, 0.25) is 0 Å². The Bertz CT molecular complexity index is 627. The van der Waals surface area contributed by atoms with E-state index in [2.05, 4.69) is 47.1 Å². The van der Waals surface area contributed by atoms with E-state index < -0.39 is 0 Å². The third-order valence-electron chi connectivity index (χ3n) is 5.22. The summed E-state index contributed by atoms with van der Waals surface area (Å²) >= 11 is 0. The standard InChI is InChI=1S/C17H25N7/c1-2-4-16(3-1)24-17(19-20-21-24)14-23-11-9-22(10-12-23)13-15-5-7-18-8-6-15/h5-8,16H,1-4,9-14H2. The van der Waals surface area contributed by atoms with Crippen LogP contribution in [0.3, 0.4) is 0 Å². The van der Waals surface area contributed by atoms with Crippen LogP contribution in [-0.2, 0) is 13.1 Å². The predicted octanol–water partition coefficient (Wildman–Crippen LogP) is 1.50. The lowest BCUT2D eigenvalue weighted by Crippen LogP contribution is -2.45. The summed E-state index contributed by atoms with van der Waals surface area (Å²) in [4.78, 5) is 9.06. The molecule has 2 aromatic rings. The molecule has 2 aliphatic rings. The predicted molar refractivity (Wildman–Crippen MR) is 90.1 cm³/mol. The van der Waals surface area contributed by atoms with Crippen LogP contribution in [-0.4, -0.2) is 61.2 Å². The molecule has 0 atom stereocenters. The van der Waals surface area contributed by atoms with Crippen LogP contribution in [0, 0.1) is 0 Å². The molecule has 7 nitrogen and oxygen atoms in total. The van der Waals surface area contributed by atoms with Gasteiger partial charge in [-0.05, 0) is 41.0 Å². The van der Waals surface area contributed by atoms with Crippen LogP contribution in [0.2, 0.25) is 0 Å². The number of hydrogen-bond acceptors (Lipinski definition) is 6. The molecule has 4 rings (SSSR count). The highest BCUT2D eigenvalue weighted by atomic mass is 15.6. The van der Waals surface area contributed by atoms with Gasteiger partial charge in [0.05, 0.1) is 12.6 Å². The summed E-state index contributed by atoms with van der Waals surface area (Å²) in [5.41, 5.74) is 1.34. The van der Waals surface area contributed by atoms with Crippen LogP contribution in [0.5, 0.6) is 0 Å². The zero-order valence-electron chi connectivity index (χ0n) is 14.1. The topological polar surface area (TPSA) is 63.0 Å². The van der Waals surface area contributed by atoms with Crippen LogP contribution in [0.4, 0.5) is 0 Å². The molecule has 0 aromatic carbocycles. The van der Waals surface area contributed by atoms with Gasteiger partial charge < -0.3 is 0 Å². The lowest BCUT2D eigenvalue weighted by molar-refractivity contribution is 0.118. The molecule has 0 N–H and O–H groups in total. The Morgan fingerprint density at radius 3 is 2.29 bits per heavy atom. The molecular weight excluding hydrogens is 302 g/mol. The maximum Gasteiger partial charge on any atom is 0.165 e. The van der Waals surface area contributed by atoms with Crippen molar-refractivity contribution in [2.24, 2.45) is 0 Å². The van der Waals surface area contributed by atoms with Gasteiger partial charge in [0, 0.05) is 45.1 Å². The second-order valence-corrected chi connectivity index (χ2v) is 6.89. The number of pyridine rings is 1. The average molecular weight is 327 g/mol. The Balaban J connectivity index is 1.30. The fourth-order valence-corrected chi connectivity index (χ4v) is 3.80. The molecule has 0 radical (unpaired) electrons. The second-order valence-electron chi connectivity index (χ2n) is 6.89. The zero-order valence-corrected chi connectivity index (χ0v) is 14.1. The van der Waals surface area contributed by atoms with Gasteiger partial charge in [-0.15, -0.1) is 5.10 Å². The normalized spacial score (nSPS) is 20.7. The number of nitrogens with zero attached hydrogens (tertiary/aromatic N) is 7. The maximum absolute atomic E-state index is 4.28. The maximum atomic E-state index is 4.28. The fourth-order valence-electron chi connectivity index (χ4n) is 3.80. The van der Waals surface area contributed by atoms with Crippen molar-refractivity contribution in [3.8, 4) is 0 Å². The lowest BCUT2D eigenvalue weighted by Gasteiger charge is -2.34. The first-order valence-corrected chi connectivity index (χ1v) is 8.99. The van der Waals surface area contributed by atoms with E-state index in [4.69, 9.17) is 0 Å². The Kier molecular flexibility index (Phi) is 4.80.